The highest BCUT2D eigenvalue weighted by molar-refractivity contribution is 5.43. The molecule has 0 aromatic carbocycles. The van der Waals surface area contributed by atoms with Gasteiger partial charge in [-0.05, 0) is 5.92 Å². The van der Waals surface area contributed by atoms with Gasteiger partial charge in [0, 0.05) is 34.7 Å². The molecule has 1 N–H and O–H groups in total. The summed E-state index contributed by atoms with van der Waals surface area (Å²) in [7, 11) is 7.64. The van der Waals surface area contributed by atoms with Gasteiger partial charge < -0.3 is 15.1 Å². The van der Waals surface area contributed by atoms with Crippen molar-refractivity contribution in [2.45, 2.75) is 13.8 Å². The minimum absolute atomic E-state index is 0.567. The van der Waals surface area contributed by atoms with Crippen LogP contribution in [0.1, 0.15) is 13.8 Å². The summed E-state index contributed by atoms with van der Waals surface area (Å²) in [6.07, 6.45) is 0. The summed E-state index contributed by atoms with van der Waals surface area (Å²) < 4.78 is 0. The van der Waals surface area contributed by atoms with Gasteiger partial charge in [-0.15, -0.1) is 0 Å². The third-order valence-corrected chi connectivity index (χ3v) is 2.22. The fraction of sp³-hybridized carbons (Fsp3) is 0.727. The van der Waals surface area contributed by atoms with Crippen LogP contribution in [0.3, 0.4) is 0 Å². The van der Waals surface area contributed by atoms with Crippen LogP contribution in [0.15, 0.2) is 0 Å². The lowest BCUT2D eigenvalue weighted by Gasteiger charge is -2.21. The summed E-state index contributed by atoms with van der Waals surface area (Å²) in [6.45, 7) is 5.26. The molecule has 0 saturated carbocycles. The van der Waals surface area contributed by atoms with E-state index in [1.54, 1.807) is 7.05 Å². The molecule has 0 saturated heterocycles. The van der Waals surface area contributed by atoms with E-state index in [0.29, 0.717) is 23.8 Å². The lowest BCUT2D eigenvalue weighted by atomic mass is 10.2. The van der Waals surface area contributed by atoms with Crippen LogP contribution in [0.5, 0.6) is 0 Å². The van der Waals surface area contributed by atoms with Gasteiger partial charge in [-0.1, -0.05) is 13.8 Å². The zero-order valence-electron chi connectivity index (χ0n) is 11.5. The maximum Gasteiger partial charge on any atom is 0.231 e. The summed E-state index contributed by atoms with van der Waals surface area (Å²) in [5.74, 6) is 2.52. The van der Waals surface area contributed by atoms with Crippen LogP contribution >= 0.6 is 0 Å². The Hall–Kier alpha value is -1.59. The number of hydrogen-bond donors (Lipinski definition) is 1. The van der Waals surface area contributed by atoms with E-state index in [2.05, 4.69) is 34.1 Å². The van der Waals surface area contributed by atoms with Crippen LogP contribution in [-0.4, -0.2) is 49.7 Å². The number of hydrogen-bond acceptors (Lipinski definition) is 6. The maximum absolute atomic E-state index is 4.42. The average molecular weight is 238 g/mol. The van der Waals surface area contributed by atoms with Gasteiger partial charge >= 0.3 is 0 Å². The van der Waals surface area contributed by atoms with Crippen molar-refractivity contribution in [3.8, 4) is 0 Å². The summed E-state index contributed by atoms with van der Waals surface area (Å²) in [5, 5.41) is 2.96. The smallest absolute Gasteiger partial charge is 0.231 e. The van der Waals surface area contributed by atoms with Crippen molar-refractivity contribution in [2.75, 3.05) is 49.9 Å². The molecule has 96 valence electrons. The first kappa shape index (κ1) is 13.5. The summed E-state index contributed by atoms with van der Waals surface area (Å²) in [6, 6.07) is 0. The van der Waals surface area contributed by atoms with Crippen molar-refractivity contribution in [1.82, 2.24) is 15.0 Å². The Kier molecular flexibility index (Phi) is 4.48. The highest BCUT2D eigenvalue weighted by Gasteiger charge is 2.11. The van der Waals surface area contributed by atoms with E-state index >= 15 is 0 Å². The molecule has 0 radical (unpaired) electrons. The number of rotatable bonds is 5. The van der Waals surface area contributed by atoms with Crippen molar-refractivity contribution >= 4 is 17.8 Å². The largest absolute Gasteiger partial charge is 0.357 e. The third-order valence-electron chi connectivity index (χ3n) is 2.22. The van der Waals surface area contributed by atoms with E-state index in [4.69, 9.17) is 0 Å². The Morgan fingerprint density at radius 1 is 1.06 bits per heavy atom. The molecule has 0 amide bonds. The fourth-order valence-electron chi connectivity index (χ4n) is 1.47. The Balaban J connectivity index is 3.01. The zero-order valence-corrected chi connectivity index (χ0v) is 11.5. The third kappa shape index (κ3) is 3.72. The van der Waals surface area contributed by atoms with Crippen molar-refractivity contribution in [1.29, 1.82) is 0 Å². The Bertz CT molecular complexity index is 363. The zero-order chi connectivity index (χ0) is 13.0. The second-order valence-corrected chi connectivity index (χ2v) is 4.68. The molecule has 6 heteroatoms. The number of anilines is 3. The van der Waals surface area contributed by atoms with E-state index in [-0.39, 0.29) is 0 Å². The predicted octanol–water partition coefficient (Wildman–Crippen LogP) is 1.07. The monoisotopic (exact) mass is 238 g/mol. The molecule has 6 nitrogen and oxygen atoms in total. The van der Waals surface area contributed by atoms with Gasteiger partial charge in [0.2, 0.25) is 17.8 Å². The molecule has 0 aliphatic rings. The molecule has 1 aromatic rings. The van der Waals surface area contributed by atoms with Gasteiger partial charge in [-0.25, -0.2) is 0 Å². The molecule has 0 atom stereocenters. The Morgan fingerprint density at radius 2 is 1.65 bits per heavy atom. The molecule has 1 rings (SSSR count). The summed E-state index contributed by atoms with van der Waals surface area (Å²) in [4.78, 5) is 17.0. The minimum atomic E-state index is 0.567. The SMILES string of the molecule is CNc1nc(N(C)C)nc(N(C)CC(C)C)n1. The minimum Gasteiger partial charge on any atom is -0.357 e. The lowest BCUT2D eigenvalue weighted by Crippen LogP contribution is -2.26. The van der Waals surface area contributed by atoms with Crippen molar-refractivity contribution in [3.05, 3.63) is 0 Å². The molecule has 1 aromatic heterocycles. The molecule has 1 heterocycles. The van der Waals surface area contributed by atoms with Gasteiger partial charge in [0.15, 0.2) is 0 Å². The highest BCUT2D eigenvalue weighted by atomic mass is 15.3. The van der Waals surface area contributed by atoms with Crippen LogP contribution in [0.25, 0.3) is 0 Å². The van der Waals surface area contributed by atoms with E-state index in [1.165, 1.54) is 0 Å². The van der Waals surface area contributed by atoms with Crippen molar-refractivity contribution < 1.29 is 0 Å². The summed E-state index contributed by atoms with van der Waals surface area (Å²) >= 11 is 0. The molecular formula is C11H22N6. The van der Waals surface area contributed by atoms with E-state index in [1.807, 2.05) is 30.9 Å². The molecule has 0 fully saturated rings. The molecule has 0 aliphatic heterocycles. The van der Waals surface area contributed by atoms with Crippen LogP contribution in [0, 0.1) is 5.92 Å². The maximum atomic E-state index is 4.42. The molecule has 0 unspecified atom stereocenters. The topological polar surface area (TPSA) is 57.2 Å². The van der Waals surface area contributed by atoms with Crippen molar-refractivity contribution in [2.24, 2.45) is 5.92 Å². The Labute approximate surface area is 103 Å². The van der Waals surface area contributed by atoms with Gasteiger partial charge in [0.05, 0.1) is 0 Å². The van der Waals surface area contributed by atoms with Crippen molar-refractivity contribution in [3.63, 3.8) is 0 Å². The first-order valence-corrected chi connectivity index (χ1v) is 5.76. The number of aromatic nitrogens is 3. The average Bonchev–Trinajstić information content (AvgIpc) is 2.27. The molecule has 0 spiro atoms. The number of nitrogens with one attached hydrogen (secondary N) is 1. The quantitative estimate of drug-likeness (QED) is 0.828. The number of nitrogens with zero attached hydrogens (tertiary/aromatic N) is 5. The van der Waals surface area contributed by atoms with Gasteiger partial charge in [-0.3, -0.25) is 0 Å². The van der Waals surface area contributed by atoms with Gasteiger partial charge in [0.1, 0.15) is 0 Å². The second kappa shape index (κ2) is 5.65. The van der Waals surface area contributed by atoms with Crippen LogP contribution in [-0.2, 0) is 0 Å². The van der Waals surface area contributed by atoms with Gasteiger partial charge in [-0.2, -0.15) is 15.0 Å². The fourth-order valence-corrected chi connectivity index (χ4v) is 1.47. The van der Waals surface area contributed by atoms with Crippen LogP contribution in [0.4, 0.5) is 17.8 Å². The normalized spacial score (nSPS) is 10.5. The second-order valence-electron chi connectivity index (χ2n) is 4.68. The van der Waals surface area contributed by atoms with E-state index in [0.717, 1.165) is 6.54 Å². The standard InChI is InChI=1S/C11H22N6/c1-8(2)7-17(6)11-14-9(12-3)13-10(15-11)16(4)5/h8H,7H2,1-6H3,(H,12,13,14,15). The predicted molar refractivity (Wildman–Crippen MR) is 71.8 cm³/mol. The molecule has 0 aliphatic carbocycles. The summed E-state index contributed by atoms with van der Waals surface area (Å²) in [5.41, 5.74) is 0. The molecule has 0 bridgehead atoms. The van der Waals surface area contributed by atoms with Crippen LogP contribution in [0.2, 0.25) is 0 Å². The van der Waals surface area contributed by atoms with Crippen LogP contribution < -0.4 is 15.1 Å². The van der Waals surface area contributed by atoms with E-state index < -0.39 is 0 Å². The highest BCUT2D eigenvalue weighted by Crippen LogP contribution is 2.14. The Morgan fingerprint density at radius 3 is 2.12 bits per heavy atom. The lowest BCUT2D eigenvalue weighted by molar-refractivity contribution is 0.629. The molecule has 17 heavy (non-hydrogen) atoms. The first-order valence-electron chi connectivity index (χ1n) is 5.76. The van der Waals surface area contributed by atoms with E-state index in [9.17, 15) is 0 Å². The van der Waals surface area contributed by atoms with Gasteiger partial charge in [0.25, 0.3) is 0 Å². The first-order chi connectivity index (χ1) is 7.93. The molecular weight excluding hydrogens is 216 g/mol.